The first-order chi connectivity index (χ1) is 10.6. The van der Waals surface area contributed by atoms with Crippen molar-refractivity contribution in [3.63, 3.8) is 0 Å². The number of hydrogen-bond acceptors (Lipinski definition) is 4. The number of amides is 1. The van der Waals surface area contributed by atoms with Gasteiger partial charge in [-0.2, -0.15) is 0 Å². The molecular weight excluding hydrogens is 290 g/mol. The highest BCUT2D eigenvalue weighted by Gasteiger charge is 2.08. The Balaban J connectivity index is 2.01. The molecule has 7 heteroatoms. The normalized spacial score (nSPS) is 10.3. The molecule has 0 saturated carbocycles. The number of carbonyl (C=O) groups is 1. The van der Waals surface area contributed by atoms with E-state index in [1.807, 2.05) is 6.92 Å². The van der Waals surface area contributed by atoms with Crippen molar-refractivity contribution in [3.8, 4) is 0 Å². The van der Waals surface area contributed by atoms with E-state index in [-0.39, 0.29) is 23.1 Å². The molecule has 0 fully saturated rings. The number of hydrogen-bond donors (Lipinski definition) is 2. The number of carbonyl (C=O) groups excluding carboxylic acids is 1. The number of unbranched alkanes of at least 4 members (excludes halogenated alkanes) is 1. The molecule has 22 heavy (non-hydrogen) atoms. The molecular formula is C15H16F2N4O. The van der Waals surface area contributed by atoms with Crippen LogP contribution in [-0.2, 0) is 0 Å². The lowest BCUT2D eigenvalue weighted by molar-refractivity contribution is 0.0948. The lowest BCUT2D eigenvalue weighted by atomic mass is 10.3. The van der Waals surface area contributed by atoms with Crippen molar-refractivity contribution in [1.82, 2.24) is 15.3 Å². The van der Waals surface area contributed by atoms with Gasteiger partial charge in [0.1, 0.15) is 23.1 Å². The van der Waals surface area contributed by atoms with Gasteiger partial charge in [-0.3, -0.25) is 4.79 Å². The Labute approximate surface area is 126 Å². The first-order valence-corrected chi connectivity index (χ1v) is 6.92. The average Bonchev–Trinajstić information content (AvgIpc) is 2.51. The Hall–Kier alpha value is -2.57. The minimum atomic E-state index is -0.733. The monoisotopic (exact) mass is 306 g/mol. The van der Waals surface area contributed by atoms with E-state index in [1.54, 1.807) is 0 Å². The number of anilines is 2. The van der Waals surface area contributed by atoms with E-state index >= 15 is 0 Å². The number of rotatable bonds is 6. The maximum Gasteiger partial charge on any atom is 0.271 e. The molecule has 116 valence electrons. The van der Waals surface area contributed by atoms with Crippen molar-refractivity contribution in [3.05, 3.63) is 47.9 Å². The third-order valence-electron chi connectivity index (χ3n) is 2.89. The molecule has 1 aromatic heterocycles. The van der Waals surface area contributed by atoms with Gasteiger partial charge in [0.25, 0.3) is 5.91 Å². The first-order valence-electron chi connectivity index (χ1n) is 6.92. The van der Waals surface area contributed by atoms with Gasteiger partial charge in [-0.1, -0.05) is 13.3 Å². The van der Waals surface area contributed by atoms with Crippen LogP contribution in [0.1, 0.15) is 30.3 Å². The topological polar surface area (TPSA) is 66.9 Å². The zero-order chi connectivity index (χ0) is 15.9. The van der Waals surface area contributed by atoms with Crippen molar-refractivity contribution in [2.24, 2.45) is 0 Å². The number of aromatic nitrogens is 2. The largest absolute Gasteiger partial charge is 0.351 e. The van der Waals surface area contributed by atoms with Crippen LogP contribution in [0.2, 0.25) is 0 Å². The highest BCUT2D eigenvalue weighted by molar-refractivity contribution is 5.92. The number of halogens is 2. The summed E-state index contributed by atoms with van der Waals surface area (Å²) in [6.07, 6.45) is 4.49. The number of benzene rings is 1. The van der Waals surface area contributed by atoms with Crippen LogP contribution in [0.15, 0.2) is 30.6 Å². The molecule has 2 aromatic rings. The Morgan fingerprint density at radius 3 is 2.68 bits per heavy atom. The SMILES string of the molecule is CCCCNC(=O)c1cnc(Nc2ccc(F)cc2F)cn1. The Bertz CT molecular complexity index is 646. The van der Waals surface area contributed by atoms with Gasteiger partial charge >= 0.3 is 0 Å². The molecule has 1 aromatic carbocycles. The van der Waals surface area contributed by atoms with Crippen molar-refractivity contribution in [1.29, 1.82) is 0 Å². The second-order valence-corrected chi connectivity index (χ2v) is 4.65. The Morgan fingerprint density at radius 2 is 2.05 bits per heavy atom. The van der Waals surface area contributed by atoms with Crippen LogP contribution in [0.4, 0.5) is 20.3 Å². The predicted molar refractivity (Wildman–Crippen MR) is 78.9 cm³/mol. The zero-order valence-electron chi connectivity index (χ0n) is 12.1. The van der Waals surface area contributed by atoms with Gasteiger partial charge in [0.2, 0.25) is 0 Å². The summed E-state index contributed by atoms with van der Waals surface area (Å²) < 4.78 is 26.3. The quantitative estimate of drug-likeness (QED) is 0.805. The molecule has 1 amide bonds. The molecule has 0 unspecified atom stereocenters. The molecule has 5 nitrogen and oxygen atoms in total. The van der Waals surface area contributed by atoms with Crippen molar-refractivity contribution < 1.29 is 13.6 Å². The fourth-order valence-electron chi connectivity index (χ4n) is 1.71. The maximum atomic E-state index is 13.5. The molecule has 2 N–H and O–H groups in total. The lowest BCUT2D eigenvalue weighted by Gasteiger charge is -2.07. The molecule has 1 heterocycles. The summed E-state index contributed by atoms with van der Waals surface area (Å²) in [5.74, 6) is -1.44. The molecule has 0 saturated heterocycles. The van der Waals surface area contributed by atoms with Crippen LogP contribution in [0.5, 0.6) is 0 Å². The average molecular weight is 306 g/mol. The minimum absolute atomic E-state index is 0.0795. The van der Waals surface area contributed by atoms with Gasteiger partial charge in [0.05, 0.1) is 18.1 Å². The lowest BCUT2D eigenvalue weighted by Crippen LogP contribution is -2.25. The first kappa shape index (κ1) is 15.8. The van der Waals surface area contributed by atoms with Crippen molar-refractivity contribution >= 4 is 17.4 Å². The number of nitrogens with one attached hydrogen (secondary N) is 2. The summed E-state index contributed by atoms with van der Waals surface area (Å²) in [5, 5.41) is 5.39. The van der Waals surface area contributed by atoms with Crippen molar-refractivity contribution in [2.75, 3.05) is 11.9 Å². The Kier molecular flexibility index (Phi) is 5.35. The predicted octanol–water partition coefficient (Wildman–Crippen LogP) is 3.03. The van der Waals surface area contributed by atoms with Gasteiger partial charge in [0.15, 0.2) is 0 Å². The molecule has 0 aliphatic heterocycles. The zero-order valence-corrected chi connectivity index (χ0v) is 12.1. The van der Waals surface area contributed by atoms with Crippen LogP contribution < -0.4 is 10.6 Å². The van der Waals surface area contributed by atoms with Crippen LogP contribution in [0, 0.1) is 11.6 Å². The third kappa shape index (κ3) is 4.21. The fourth-order valence-corrected chi connectivity index (χ4v) is 1.71. The molecule has 0 bridgehead atoms. The second-order valence-electron chi connectivity index (χ2n) is 4.65. The summed E-state index contributed by atoms with van der Waals surface area (Å²) in [6, 6.07) is 3.16. The Morgan fingerprint density at radius 1 is 1.23 bits per heavy atom. The third-order valence-corrected chi connectivity index (χ3v) is 2.89. The maximum absolute atomic E-state index is 13.5. The van der Waals surface area contributed by atoms with Crippen LogP contribution in [0.3, 0.4) is 0 Å². The van der Waals surface area contributed by atoms with E-state index < -0.39 is 11.6 Å². The summed E-state index contributed by atoms with van der Waals surface area (Å²) in [6.45, 7) is 2.61. The molecule has 2 rings (SSSR count). The fraction of sp³-hybridized carbons (Fsp3) is 0.267. The standard InChI is InChI=1S/C15H16F2N4O/c1-2-3-6-18-15(22)13-8-20-14(9-19-13)21-12-5-4-10(16)7-11(12)17/h4-5,7-9H,2-3,6H2,1H3,(H,18,22)(H,20,21). The second kappa shape index (κ2) is 7.44. The molecule has 0 aliphatic rings. The van der Waals surface area contributed by atoms with Crippen molar-refractivity contribution in [2.45, 2.75) is 19.8 Å². The van der Waals surface area contributed by atoms with Gasteiger partial charge in [-0.05, 0) is 18.6 Å². The van der Waals surface area contributed by atoms with Crippen LogP contribution >= 0.6 is 0 Å². The van der Waals surface area contributed by atoms with E-state index in [0.717, 1.165) is 25.0 Å². The highest BCUT2D eigenvalue weighted by atomic mass is 19.1. The van der Waals surface area contributed by atoms with Gasteiger partial charge in [-0.15, -0.1) is 0 Å². The summed E-state index contributed by atoms with van der Waals surface area (Å²) in [7, 11) is 0. The van der Waals surface area contributed by atoms with Crippen LogP contribution in [-0.4, -0.2) is 22.4 Å². The van der Waals surface area contributed by atoms with E-state index in [2.05, 4.69) is 20.6 Å². The van der Waals surface area contributed by atoms with Crippen LogP contribution in [0.25, 0.3) is 0 Å². The summed E-state index contributed by atoms with van der Waals surface area (Å²) >= 11 is 0. The van der Waals surface area contributed by atoms with Gasteiger partial charge in [0, 0.05) is 12.6 Å². The van der Waals surface area contributed by atoms with Gasteiger partial charge in [-0.25, -0.2) is 18.7 Å². The van der Waals surface area contributed by atoms with E-state index in [9.17, 15) is 13.6 Å². The smallest absolute Gasteiger partial charge is 0.271 e. The number of nitrogens with zero attached hydrogens (tertiary/aromatic N) is 2. The molecule has 0 spiro atoms. The van der Waals surface area contributed by atoms with E-state index in [1.165, 1.54) is 18.5 Å². The summed E-state index contributed by atoms with van der Waals surface area (Å²) in [5.41, 5.74) is 0.261. The van der Waals surface area contributed by atoms with E-state index in [0.29, 0.717) is 6.54 Å². The van der Waals surface area contributed by atoms with Gasteiger partial charge < -0.3 is 10.6 Å². The minimum Gasteiger partial charge on any atom is -0.351 e. The highest BCUT2D eigenvalue weighted by Crippen LogP contribution is 2.18. The summed E-state index contributed by atoms with van der Waals surface area (Å²) in [4.78, 5) is 19.7. The molecule has 0 radical (unpaired) electrons. The molecule has 0 aliphatic carbocycles. The van der Waals surface area contributed by atoms with E-state index in [4.69, 9.17) is 0 Å². The molecule has 0 atom stereocenters.